The van der Waals surface area contributed by atoms with E-state index in [0.29, 0.717) is 12.1 Å². The monoisotopic (exact) mass is 186 g/mol. The molecule has 3 nitrogen and oxygen atoms in total. The lowest BCUT2D eigenvalue weighted by atomic mass is 10.1. The second-order valence-electron chi connectivity index (χ2n) is 3.85. The van der Waals surface area contributed by atoms with E-state index in [-0.39, 0.29) is 0 Å². The molecular weight excluding hydrogens is 164 g/mol. The van der Waals surface area contributed by atoms with Crippen molar-refractivity contribution in [3.05, 3.63) is 0 Å². The summed E-state index contributed by atoms with van der Waals surface area (Å²) in [5, 5.41) is 6.96. The average Bonchev–Trinajstić information content (AvgIpc) is 2.42. The molecule has 1 fully saturated rings. The van der Waals surface area contributed by atoms with Gasteiger partial charge in [-0.15, -0.1) is 0 Å². The van der Waals surface area contributed by atoms with Crippen molar-refractivity contribution in [2.75, 3.05) is 26.7 Å². The molecule has 1 rings (SSSR count). The third kappa shape index (κ3) is 4.60. The lowest BCUT2D eigenvalue weighted by Gasteiger charge is -2.18. The largest absolute Gasteiger partial charge is 0.380 e. The fraction of sp³-hybridized carbons (Fsp3) is 1.00. The first-order valence-corrected chi connectivity index (χ1v) is 5.30. The Hall–Kier alpha value is -0.120. The molecule has 0 aromatic rings. The Kier molecular flexibility index (Phi) is 5.35. The summed E-state index contributed by atoms with van der Waals surface area (Å²) in [6.45, 7) is 5.34. The van der Waals surface area contributed by atoms with Crippen LogP contribution < -0.4 is 10.6 Å². The Morgan fingerprint density at radius 3 is 3.15 bits per heavy atom. The van der Waals surface area contributed by atoms with Gasteiger partial charge in [0.25, 0.3) is 0 Å². The highest BCUT2D eigenvalue weighted by Gasteiger charge is 2.11. The van der Waals surface area contributed by atoms with Gasteiger partial charge in [0.05, 0.1) is 6.10 Å². The van der Waals surface area contributed by atoms with E-state index in [1.165, 1.54) is 25.8 Å². The van der Waals surface area contributed by atoms with Crippen molar-refractivity contribution >= 4 is 0 Å². The summed E-state index contributed by atoms with van der Waals surface area (Å²) in [4.78, 5) is 0. The van der Waals surface area contributed by atoms with Crippen LogP contribution in [0.2, 0.25) is 0 Å². The van der Waals surface area contributed by atoms with E-state index in [2.05, 4.69) is 17.6 Å². The van der Waals surface area contributed by atoms with Gasteiger partial charge in [-0.3, -0.25) is 0 Å². The molecule has 0 aromatic carbocycles. The van der Waals surface area contributed by atoms with Crippen LogP contribution in [0.1, 0.15) is 26.2 Å². The van der Waals surface area contributed by atoms with Crippen LogP contribution in [0.3, 0.4) is 0 Å². The van der Waals surface area contributed by atoms with Gasteiger partial charge in [-0.2, -0.15) is 0 Å². The van der Waals surface area contributed by atoms with Crippen LogP contribution in [0, 0.1) is 0 Å². The third-order valence-electron chi connectivity index (χ3n) is 2.64. The predicted octanol–water partition coefficient (Wildman–Crippen LogP) is 0.753. The van der Waals surface area contributed by atoms with Gasteiger partial charge in [-0.05, 0) is 26.3 Å². The van der Waals surface area contributed by atoms with Crippen LogP contribution in [0.25, 0.3) is 0 Å². The molecular formula is C10H22N2O. The molecule has 1 aliphatic heterocycles. The minimum absolute atomic E-state index is 0.322. The minimum Gasteiger partial charge on any atom is -0.380 e. The van der Waals surface area contributed by atoms with Crippen LogP contribution in [0.4, 0.5) is 0 Å². The fourth-order valence-electron chi connectivity index (χ4n) is 1.61. The fourth-order valence-corrected chi connectivity index (χ4v) is 1.61. The topological polar surface area (TPSA) is 33.3 Å². The molecule has 0 bridgehead atoms. The average molecular weight is 186 g/mol. The summed E-state index contributed by atoms with van der Waals surface area (Å²) in [6, 6.07) is 0.639. The number of ether oxygens (including phenoxy) is 1. The van der Waals surface area contributed by atoms with E-state index in [0.717, 1.165) is 13.1 Å². The lowest BCUT2D eigenvalue weighted by molar-refractivity contribution is 0.114. The van der Waals surface area contributed by atoms with Crippen molar-refractivity contribution in [2.24, 2.45) is 0 Å². The van der Waals surface area contributed by atoms with E-state index in [9.17, 15) is 0 Å². The first kappa shape index (κ1) is 11.0. The quantitative estimate of drug-likeness (QED) is 0.680. The van der Waals surface area contributed by atoms with Gasteiger partial charge in [0.2, 0.25) is 0 Å². The smallest absolute Gasteiger partial charge is 0.0667 e. The van der Waals surface area contributed by atoms with Gasteiger partial charge in [0.15, 0.2) is 0 Å². The van der Waals surface area contributed by atoms with Gasteiger partial charge >= 0.3 is 0 Å². The number of rotatable bonds is 4. The second kappa shape index (κ2) is 6.35. The molecule has 2 N–H and O–H groups in total. The maximum absolute atomic E-state index is 5.19. The maximum atomic E-state index is 5.19. The highest BCUT2D eigenvalue weighted by Crippen LogP contribution is 2.03. The van der Waals surface area contributed by atoms with Gasteiger partial charge < -0.3 is 15.4 Å². The summed E-state index contributed by atoms with van der Waals surface area (Å²) in [5.41, 5.74) is 0. The molecule has 1 aliphatic rings. The zero-order valence-electron chi connectivity index (χ0n) is 8.81. The van der Waals surface area contributed by atoms with Gasteiger partial charge in [0, 0.05) is 26.2 Å². The maximum Gasteiger partial charge on any atom is 0.0667 e. The zero-order valence-corrected chi connectivity index (χ0v) is 8.81. The van der Waals surface area contributed by atoms with Crippen molar-refractivity contribution in [1.82, 2.24) is 10.6 Å². The van der Waals surface area contributed by atoms with Crippen molar-refractivity contribution < 1.29 is 4.74 Å². The van der Waals surface area contributed by atoms with E-state index < -0.39 is 0 Å². The molecule has 78 valence electrons. The number of hydrogen-bond acceptors (Lipinski definition) is 3. The second-order valence-corrected chi connectivity index (χ2v) is 3.85. The van der Waals surface area contributed by atoms with Crippen molar-refractivity contribution in [3.63, 3.8) is 0 Å². The Morgan fingerprint density at radius 2 is 2.38 bits per heavy atom. The first-order valence-electron chi connectivity index (χ1n) is 5.30. The Bertz CT molecular complexity index is 122. The molecule has 0 radical (unpaired) electrons. The number of nitrogens with one attached hydrogen (secondary N) is 2. The predicted molar refractivity (Wildman–Crippen MR) is 55.0 cm³/mol. The summed E-state index contributed by atoms with van der Waals surface area (Å²) in [6.07, 6.45) is 4.27. The molecule has 0 saturated carbocycles. The molecule has 0 amide bonds. The Morgan fingerprint density at radius 1 is 1.54 bits per heavy atom. The Balaban J connectivity index is 2.11. The molecule has 0 spiro atoms. The van der Waals surface area contributed by atoms with E-state index >= 15 is 0 Å². The van der Waals surface area contributed by atoms with Crippen LogP contribution in [0.5, 0.6) is 0 Å². The molecule has 0 aliphatic carbocycles. The number of methoxy groups -OCH3 is 1. The van der Waals surface area contributed by atoms with Crippen LogP contribution in [-0.2, 0) is 4.74 Å². The summed E-state index contributed by atoms with van der Waals surface area (Å²) in [7, 11) is 1.76. The van der Waals surface area contributed by atoms with Crippen LogP contribution in [-0.4, -0.2) is 38.9 Å². The first-order chi connectivity index (χ1) is 6.33. The third-order valence-corrected chi connectivity index (χ3v) is 2.64. The highest BCUT2D eigenvalue weighted by molar-refractivity contribution is 4.74. The molecule has 2 atom stereocenters. The standard InChI is InChI=1S/C10H22N2O/c1-9(13-2)7-12-10-5-3-4-6-11-8-10/h9-12H,3-8H2,1-2H3. The summed E-state index contributed by atoms with van der Waals surface area (Å²) in [5.74, 6) is 0. The zero-order chi connectivity index (χ0) is 9.52. The Labute approximate surface area is 81.2 Å². The lowest BCUT2D eigenvalue weighted by Crippen LogP contribution is -2.40. The SMILES string of the molecule is COC(C)CNC1CCCCNC1. The molecule has 1 heterocycles. The van der Waals surface area contributed by atoms with Crippen molar-refractivity contribution in [2.45, 2.75) is 38.3 Å². The van der Waals surface area contributed by atoms with Gasteiger partial charge in [0.1, 0.15) is 0 Å². The molecule has 1 saturated heterocycles. The molecule has 0 aromatic heterocycles. The van der Waals surface area contributed by atoms with Crippen LogP contribution in [0.15, 0.2) is 0 Å². The highest BCUT2D eigenvalue weighted by atomic mass is 16.5. The molecule has 13 heavy (non-hydrogen) atoms. The van der Waals surface area contributed by atoms with Gasteiger partial charge in [-0.25, -0.2) is 0 Å². The normalized spacial score (nSPS) is 26.8. The van der Waals surface area contributed by atoms with Crippen molar-refractivity contribution in [3.8, 4) is 0 Å². The van der Waals surface area contributed by atoms with Crippen molar-refractivity contribution in [1.29, 1.82) is 0 Å². The molecule has 3 heteroatoms. The minimum atomic E-state index is 0.322. The van der Waals surface area contributed by atoms with E-state index in [1.807, 2.05) is 0 Å². The van der Waals surface area contributed by atoms with E-state index in [4.69, 9.17) is 4.74 Å². The van der Waals surface area contributed by atoms with Crippen LogP contribution >= 0.6 is 0 Å². The van der Waals surface area contributed by atoms with Gasteiger partial charge in [-0.1, -0.05) is 6.42 Å². The number of hydrogen-bond donors (Lipinski definition) is 2. The summed E-state index contributed by atoms with van der Waals surface area (Å²) >= 11 is 0. The molecule has 2 unspecified atom stereocenters. The van der Waals surface area contributed by atoms with E-state index in [1.54, 1.807) is 7.11 Å². The summed E-state index contributed by atoms with van der Waals surface area (Å²) < 4.78 is 5.19.